The zero-order valence-electron chi connectivity index (χ0n) is 11.4. The average molecular weight is 342 g/mol. The first kappa shape index (κ1) is 16.5. The first-order valence-corrected chi connectivity index (χ1v) is 8.11. The summed E-state index contributed by atoms with van der Waals surface area (Å²) in [4.78, 5) is 0. The van der Waals surface area contributed by atoms with Crippen LogP contribution in [0.2, 0.25) is 5.02 Å². The Morgan fingerprint density at radius 3 is 2.67 bits per heavy atom. The minimum Gasteiger partial charge on any atom is -0.455 e. The van der Waals surface area contributed by atoms with Crippen LogP contribution >= 0.6 is 35.8 Å². The highest BCUT2D eigenvalue weighted by Gasteiger charge is 2.28. The lowest BCUT2D eigenvalue weighted by Gasteiger charge is -2.28. The molecule has 0 aliphatic carbocycles. The molecule has 1 heterocycles. The van der Waals surface area contributed by atoms with Crippen LogP contribution in [0.5, 0.6) is 11.5 Å². The van der Waals surface area contributed by atoms with Crippen molar-refractivity contribution in [2.45, 2.75) is 11.7 Å². The Bertz CT molecular complexity index is 621. The van der Waals surface area contributed by atoms with Gasteiger partial charge in [-0.05, 0) is 30.9 Å². The second-order valence-corrected chi connectivity index (χ2v) is 6.31. The fourth-order valence-electron chi connectivity index (χ4n) is 2.37. The number of para-hydroxylation sites is 2. The molecule has 0 radical (unpaired) electrons. The lowest BCUT2D eigenvalue weighted by atomic mass is 10.00. The molecule has 1 aliphatic heterocycles. The van der Waals surface area contributed by atoms with Gasteiger partial charge in [-0.3, -0.25) is 0 Å². The second-order valence-electron chi connectivity index (χ2n) is 4.69. The van der Waals surface area contributed by atoms with E-state index in [9.17, 15) is 0 Å². The van der Waals surface area contributed by atoms with Crippen LogP contribution in [0.4, 0.5) is 0 Å². The third-order valence-electron chi connectivity index (χ3n) is 3.33. The van der Waals surface area contributed by atoms with Crippen molar-refractivity contribution >= 4 is 35.8 Å². The molecule has 0 spiro atoms. The molecule has 2 aromatic rings. The highest BCUT2D eigenvalue weighted by atomic mass is 35.5. The summed E-state index contributed by atoms with van der Waals surface area (Å²) in [5.41, 5.74) is 7.96. The molecule has 1 atom stereocenters. The van der Waals surface area contributed by atoms with Gasteiger partial charge < -0.3 is 10.5 Å². The van der Waals surface area contributed by atoms with E-state index in [1.165, 1.54) is 5.56 Å². The van der Waals surface area contributed by atoms with Crippen molar-refractivity contribution in [3.05, 3.63) is 58.6 Å². The fraction of sp³-hybridized carbons (Fsp3) is 0.250. The van der Waals surface area contributed by atoms with Crippen LogP contribution in [0, 0.1) is 0 Å². The van der Waals surface area contributed by atoms with Crippen LogP contribution < -0.4 is 10.5 Å². The number of hydrogen-bond donors (Lipinski definition) is 1. The number of benzene rings is 2. The zero-order valence-corrected chi connectivity index (χ0v) is 13.8. The van der Waals surface area contributed by atoms with E-state index >= 15 is 0 Å². The predicted molar refractivity (Wildman–Crippen MR) is 93.2 cm³/mol. The molecule has 112 valence electrons. The first-order chi connectivity index (χ1) is 9.81. The zero-order chi connectivity index (χ0) is 13.9. The summed E-state index contributed by atoms with van der Waals surface area (Å²) in [6, 6.07) is 14.1. The van der Waals surface area contributed by atoms with Gasteiger partial charge in [-0.1, -0.05) is 41.9 Å². The van der Waals surface area contributed by atoms with Crippen molar-refractivity contribution in [3.8, 4) is 11.5 Å². The van der Waals surface area contributed by atoms with E-state index in [0.717, 1.165) is 35.8 Å². The summed E-state index contributed by atoms with van der Waals surface area (Å²) >= 11 is 8.18. The molecule has 0 aromatic heterocycles. The Morgan fingerprint density at radius 1 is 1.10 bits per heavy atom. The molecule has 2 aromatic carbocycles. The number of halogens is 2. The number of hydrogen-bond acceptors (Lipinski definition) is 3. The number of rotatable bonds is 4. The van der Waals surface area contributed by atoms with Crippen molar-refractivity contribution in [2.24, 2.45) is 5.73 Å². The Labute approximate surface area is 140 Å². The Kier molecular flexibility index (Phi) is 5.82. The van der Waals surface area contributed by atoms with Crippen molar-refractivity contribution in [3.63, 3.8) is 0 Å². The van der Waals surface area contributed by atoms with Gasteiger partial charge in [0.25, 0.3) is 0 Å². The molecule has 2 N–H and O–H groups in total. The van der Waals surface area contributed by atoms with E-state index in [1.807, 2.05) is 42.1 Å². The lowest BCUT2D eigenvalue weighted by Crippen LogP contribution is -2.09. The molecule has 1 aliphatic rings. The van der Waals surface area contributed by atoms with E-state index in [2.05, 4.69) is 12.1 Å². The Balaban J connectivity index is 0.00000161. The van der Waals surface area contributed by atoms with Gasteiger partial charge in [0, 0.05) is 11.1 Å². The highest BCUT2D eigenvalue weighted by molar-refractivity contribution is 7.99. The standard InChI is InChI=1S/C16H16ClNOS.ClH/c17-13-7-3-6-12-15(13)19-14-8-2-1-5-11(14)16(12)20-10-4-9-18;/h1-3,5-8,16H,4,9-10,18H2;1H. The van der Waals surface area contributed by atoms with Crippen LogP contribution in [0.25, 0.3) is 0 Å². The van der Waals surface area contributed by atoms with Crippen LogP contribution in [0.3, 0.4) is 0 Å². The number of ether oxygens (including phenoxy) is 1. The Hall–Kier alpha value is -0.870. The smallest absolute Gasteiger partial charge is 0.150 e. The molecule has 3 rings (SSSR count). The maximum absolute atomic E-state index is 6.28. The number of thioether (sulfide) groups is 1. The van der Waals surface area contributed by atoms with Crippen molar-refractivity contribution in [1.82, 2.24) is 0 Å². The maximum Gasteiger partial charge on any atom is 0.150 e. The van der Waals surface area contributed by atoms with Crippen LogP contribution in [-0.4, -0.2) is 12.3 Å². The molecule has 1 unspecified atom stereocenters. The number of nitrogens with two attached hydrogens (primary N) is 1. The molecular weight excluding hydrogens is 325 g/mol. The molecule has 0 amide bonds. The maximum atomic E-state index is 6.28. The second kappa shape index (κ2) is 7.41. The average Bonchev–Trinajstić information content (AvgIpc) is 2.48. The third-order valence-corrected chi connectivity index (χ3v) is 4.99. The van der Waals surface area contributed by atoms with Crippen molar-refractivity contribution in [1.29, 1.82) is 0 Å². The predicted octanol–water partition coefficient (Wildman–Crippen LogP) is 5.04. The van der Waals surface area contributed by atoms with Gasteiger partial charge in [-0.2, -0.15) is 0 Å². The van der Waals surface area contributed by atoms with Gasteiger partial charge in [-0.25, -0.2) is 0 Å². The summed E-state index contributed by atoms with van der Waals surface area (Å²) < 4.78 is 5.97. The lowest BCUT2D eigenvalue weighted by molar-refractivity contribution is 0.459. The number of fused-ring (bicyclic) bond motifs is 2. The summed E-state index contributed by atoms with van der Waals surface area (Å²) in [6.07, 6.45) is 1.01. The monoisotopic (exact) mass is 341 g/mol. The summed E-state index contributed by atoms with van der Waals surface area (Å²) in [6.45, 7) is 0.722. The molecule has 0 saturated carbocycles. The van der Waals surface area contributed by atoms with Crippen LogP contribution in [-0.2, 0) is 0 Å². The largest absolute Gasteiger partial charge is 0.455 e. The van der Waals surface area contributed by atoms with Crippen molar-refractivity contribution < 1.29 is 4.74 Å². The van der Waals surface area contributed by atoms with Crippen LogP contribution in [0.1, 0.15) is 22.8 Å². The molecule has 5 heteroatoms. The first-order valence-electron chi connectivity index (χ1n) is 6.68. The molecule has 2 nitrogen and oxygen atoms in total. The van der Waals surface area contributed by atoms with E-state index in [-0.39, 0.29) is 17.7 Å². The van der Waals surface area contributed by atoms with Crippen molar-refractivity contribution in [2.75, 3.05) is 12.3 Å². The van der Waals surface area contributed by atoms with E-state index in [0.29, 0.717) is 5.02 Å². The highest BCUT2D eigenvalue weighted by Crippen LogP contribution is 2.51. The van der Waals surface area contributed by atoms with Crippen LogP contribution in [0.15, 0.2) is 42.5 Å². The fourth-order valence-corrected chi connectivity index (χ4v) is 3.90. The van der Waals surface area contributed by atoms with E-state index in [1.54, 1.807) is 0 Å². The van der Waals surface area contributed by atoms with Gasteiger partial charge in [0.05, 0.1) is 10.3 Å². The third kappa shape index (κ3) is 3.32. The van der Waals surface area contributed by atoms with E-state index in [4.69, 9.17) is 22.1 Å². The quantitative estimate of drug-likeness (QED) is 0.791. The van der Waals surface area contributed by atoms with E-state index < -0.39 is 0 Å². The Morgan fingerprint density at radius 2 is 1.86 bits per heavy atom. The SMILES string of the molecule is Cl.NCCCSC1c2ccccc2Oc2c(Cl)cccc21. The summed E-state index contributed by atoms with van der Waals surface area (Å²) in [5.74, 6) is 2.72. The molecular formula is C16H17Cl2NOS. The summed E-state index contributed by atoms with van der Waals surface area (Å²) in [5, 5.41) is 0.932. The van der Waals surface area contributed by atoms with Gasteiger partial charge in [-0.15, -0.1) is 24.2 Å². The minimum absolute atomic E-state index is 0. The summed E-state index contributed by atoms with van der Waals surface area (Å²) in [7, 11) is 0. The minimum atomic E-state index is 0. The molecule has 0 bridgehead atoms. The molecule has 21 heavy (non-hydrogen) atoms. The topological polar surface area (TPSA) is 35.2 Å². The van der Waals surface area contributed by atoms with Gasteiger partial charge in [0.15, 0.2) is 5.75 Å². The molecule has 0 saturated heterocycles. The van der Waals surface area contributed by atoms with Gasteiger partial charge >= 0.3 is 0 Å². The van der Waals surface area contributed by atoms with Gasteiger partial charge in [0.2, 0.25) is 0 Å². The normalized spacial score (nSPS) is 15.4. The molecule has 0 fully saturated rings. The van der Waals surface area contributed by atoms with Gasteiger partial charge in [0.1, 0.15) is 5.75 Å².